The van der Waals surface area contributed by atoms with Gasteiger partial charge in [-0.15, -0.1) is 11.8 Å². The van der Waals surface area contributed by atoms with Gasteiger partial charge in [0.05, 0.1) is 12.0 Å². The molecule has 2 rings (SSSR count). The maximum Gasteiger partial charge on any atom is 0.289 e. The molecule has 2 aromatic rings. The normalized spacial score (nSPS) is 11.8. The lowest BCUT2D eigenvalue weighted by Crippen LogP contribution is -3.08. The fourth-order valence-electron chi connectivity index (χ4n) is 2.36. The Morgan fingerprint density at radius 1 is 1.28 bits per heavy atom. The molecule has 0 heterocycles. The number of thioether (sulfide) groups is 1. The van der Waals surface area contributed by atoms with E-state index in [1.54, 1.807) is 17.8 Å². The minimum atomic E-state index is -0.576. The summed E-state index contributed by atoms with van der Waals surface area (Å²) in [6, 6.07) is 12.4. The van der Waals surface area contributed by atoms with Gasteiger partial charge in [0.2, 0.25) is 0 Å². The number of nitrogens with zero attached hydrogens (tertiary/aromatic N) is 1. The zero-order valence-electron chi connectivity index (χ0n) is 13.9. The average Bonchev–Trinajstić information content (AvgIpc) is 2.56. The highest BCUT2D eigenvalue weighted by atomic mass is 35.5. The highest BCUT2D eigenvalue weighted by Gasteiger charge is 2.15. The van der Waals surface area contributed by atoms with Crippen molar-refractivity contribution in [3.8, 4) is 0 Å². The van der Waals surface area contributed by atoms with Crippen molar-refractivity contribution in [1.82, 2.24) is 0 Å². The summed E-state index contributed by atoms with van der Waals surface area (Å²) < 4.78 is 0. The second-order valence-corrected chi connectivity index (χ2v) is 6.92. The van der Waals surface area contributed by atoms with Crippen LogP contribution >= 0.6 is 23.4 Å². The van der Waals surface area contributed by atoms with Crippen LogP contribution in [0.2, 0.25) is 5.02 Å². The van der Waals surface area contributed by atoms with E-state index in [1.807, 2.05) is 13.3 Å². The summed E-state index contributed by atoms with van der Waals surface area (Å²) in [7, 11) is 1.92. The number of halogens is 1. The van der Waals surface area contributed by atoms with Crippen molar-refractivity contribution in [2.45, 2.75) is 11.4 Å². The molecule has 0 fully saturated rings. The summed E-state index contributed by atoms with van der Waals surface area (Å²) in [6.07, 6.45) is 2.03. The van der Waals surface area contributed by atoms with Crippen LogP contribution in [0.5, 0.6) is 0 Å². The van der Waals surface area contributed by atoms with Gasteiger partial charge in [-0.3, -0.25) is 14.9 Å². The van der Waals surface area contributed by atoms with Crippen molar-refractivity contribution in [2.24, 2.45) is 0 Å². The molecule has 2 N–H and O–H groups in total. The number of nitro groups is 1. The number of anilines is 1. The van der Waals surface area contributed by atoms with E-state index in [0.29, 0.717) is 12.2 Å². The summed E-state index contributed by atoms with van der Waals surface area (Å²) in [6.45, 7) is 0.962. The van der Waals surface area contributed by atoms with Crippen LogP contribution in [0.25, 0.3) is 0 Å². The first-order valence-corrected chi connectivity index (χ1v) is 9.17. The number of hydrogen-bond donors (Lipinski definition) is 2. The molecule has 1 atom stereocenters. The zero-order valence-corrected chi connectivity index (χ0v) is 15.5. The molecule has 0 aliphatic rings. The van der Waals surface area contributed by atoms with Gasteiger partial charge < -0.3 is 10.2 Å². The van der Waals surface area contributed by atoms with Crippen molar-refractivity contribution >= 4 is 40.6 Å². The molecule has 8 heteroatoms. The van der Waals surface area contributed by atoms with E-state index < -0.39 is 4.92 Å². The van der Waals surface area contributed by atoms with Crippen LogP contribution in [-0.4, -0.2) is 30.7 Å². The van der Waals surface area contributed by atoms with Crippen LogP contribution in [0, 0.1) is 10.1 Å². The molecule has 25 heavy (non-hydrogen) atoms. The lowest BCUT2D eigenvalue weighted by molar-refractivity contribution is -0.885. The number of carbonyl (C=O) groups is 1. The van der Waals surface area contributed by atoms with E-state index in [-0.39, 0.29) is 23.2 Å². The highest BCUT2D eigenvalue weighted by Crippen LogP contribution is 2.27. The van der Waals surface area contributed by atoms with Gasteiger partial charge in [-0.05, 0) is 30.5 Å². The van der Waals surface area contributed by atoms with Gasteiger partial charge in [0.1, 0.15) is 11.6 Å². The molecule has 1 amide bonds. The lowest BCUT2D eigenvalue weighted by atomic mass is 10.2. The molecule has 0 spiro atoms. The first-order chi connectivity index (χ1) is 11.9. The van der Waals surface area contributed by atoms with Crippen LogP contribution in [0.1, 0.15) is 5.56 Å². The second-order valence-electron chi connectivity index (χ2n) is 5.63. The maximum absolute atomic E-state index is 12.1. The standard InChI is InChI=1S/C17H18ClN3O3S/c1-20(10-12-3-6-14(25-2)7-4-12)11-17(22)19-13-5-8-15(18)16(9-13)21(23)24/h3-9H,10-11H2,1-2H3,(H,19,22)/p+1. The van der Waals surface area contributed by atoms with Gasteiger partial charge in [0.25, 0.3) is 11.6 Å². The Bertz CT molecular complexity index is 768. The molecule has 0 aromatic heterocycles. The topological polar surface area (TPSA) is 76.7 Å². The molecule has 0 aliphatic carbocycles. The number of carbonyl (C=O) groups excluding carboxylic acids is 1. The van der Waals surface area contributed by atoms with Gasteiger partial charge >= 0.3 is 0 Å². The predicted molar refractivity (Wildman–Crippen MR) is 100 cm³/mol. The molecular formula is C17H19ClN3O3S+. The van der Waals surface area contributed by atoms with Gasteiger partial charge in [0, 0.05) is 22.2 Å². The first-order valence-electron chi connectivity index (χ1n) is 7.57. The third-order valence-corrected chi connectivity index (χ3v) is 4.62. The van der Waals surface area contributed by atoms with Crippen LogP contribution < -0.4 is 10.2 Å². The van der Waals surface area contributed by atoms with E-state index in [4.69, 9.17) is 11.6 Å². The van der Waals surface area contributed by atoms with Crippen molar-refractivity contribution in [2.75, 3.05) is 25.2 Å². The summed E-state index contributed by atoms with van der Waals surface area (Å²) in [5, 5.41) is 13.6. The van der Waals surface area contributed by atoms with E-state index in [9.17, 15) is 14.9 Å². The number of rotatable bonds is 7. The zero-order chi connectivity index (χ0) is 18.4. The number of likely N-dealkylation sites (N-methyl/N-ethyl adjacent to an activating group) is 1. The van der Waals surface area contributed by atoms with E-state index in [2.05, 4.69) is 29.6 Å². The highest BCUT2D eigenvalue weighted by molar-refractivity contribution is 7.98. The van der Waals surface area contributed by atoms with E-state index in [1.165, 1.54) is 17.0 Å². The molecule has 0 aliphatic heterocycles. The van der Waals surface area contributed by atoms with Crippen LogP contribution in [0.3, 0.4) is 0 Å². The molecular weight excluding hydrogens is 362 g/mol. The molecule has 1 unspecified atom stereocenters. The quantitative estimate of drug-likeness (QED) is 0.440. The van der Waals surface area contributed by atoms with Gasteiger partial charge in [-0.25, -0.2) is 0 Å². The smallest absolute Gasteiger partial charge is 0.289 e. The Kier molecular flexibility index (Phi) is 6.81. The SMILES string of the molecule is CSc1ccc(C[NH+](C)CC(=O)Nc2ccc(Cl)c([N+](=O)[O-])c2)cc1. The minimum Gasteiger partial charge on any atom is -0.326 e. The summed E-state index contributed by atoms with van der Waals surface area (Å²) in [5.74, 6) is -0.213. The number of nitrogens with one attached hydrogen (secondary N) is 2. The fraction of sp³-hybridized carbons (Fsp3) is 0.235. The van der Waals surface area contributed by atoms with Gasteiger partial charge in [-0.2, -0.15) is 0 Å². The molecule has 0 bridgehead atoms. The number of hydrogen-bond acceptors (Lipinski definition) is 4. The fourth-order valence-corrected chi connectivity index (χ4v) is 2.96. The molecule has 6 nitrogen and oxygen atoms in total. The van der Waals surface area contributed by atoms with Crippen LogP contribution in [-0.2, 0) is 11.3 Å². The van der Waals surface area contributed by atoms with Gasteiger partial charge in [0.15, 0.2) is 6.54 Å². The lowest BCUT2D eigenvalue weighted by Gasteiger charge is -2.14. The Labute approximate surface area is 155 Å². The molecule has 0 saturated heterocycles. The van der Waals surface area contributed by atoms with E-state index >= 15 is 0 Å². The third-order valence-electron chi connectivity index (χ3n) is 3.55. The second kappa shape index (κ2) is 8.84. The van der Waals surface area contributed by atoms with Crippen molar-refractivity contribution in [3.05, 3.63) is 63.2 Å². The van der Waals surface area contributed by atoms with Crippen molar-refractivity contribution in [1.29, 1.82) is 0 Å². The Balaban J connectivity index is 1.92. The van der Waals surface area contributed by atoms with Crippen molar-refractivity contribution < 1.29 is 14.6 Å². The molecule has 132 valence electrons. The summed E-state index contributed by atoms with van der Waals surface area (Å²) >= 11 is 7.45. The monoisotopic (exact) mass is 380 g/mol. The largest absolute Gasteiger partial charge is 0.326 e. The molecule has 0 radical (unpaired) electrons. The minimum absolute atomic E-state index is 0.0411. The van der Waals surface area contributed by atoms with Crippen LogP contribution in [0.15, 0.2) is 47.4 Å². The molecule has 2 aromatic carbocycles. The number of benzene rings is 2. The average molecular weight is 381 g/mol. The number of quaternary nitrogens is 1. The Morgan fingerprint density at radius 3 is 2.56 bits per heavy atom. The Hall–Kier alpha value is -2.09. The summed E-state index contributed by atoms with van der Waals surface area (Å²) in [4.78, 5) is 24.7. The van der Waals surface area contributed by atoms with Crippen molar-refractivity contribution in [3.63, 3.8) is 0 Å². The van der Waals surface area contributed by atoms with E-state index in [0.717, 1.165) is 10.5 Å². The molecule has 0 saturated carbocycles. The number of amides is 1. The Morgan fingerprint density at radius 2 is 1.96 bits per heavy atom. The predicted octanol–water partition coefficient (Wildman–Crippen LogP) is 2.62. The third kappa shape index (κ3) is 5.74. The van der Waals surface area contributed by atoms with Crippen LogP contribution in [0.4, 0.5) is 11.4 Å². The summed E-state index contributed by atoms with van der Waals surface area (Å²) in [5.41, 5.74) is 1.28. The maximum atomic E-state index is 12.1. The van der Waals surface area contributed by atoms with Gasteiger partial charge in [-0.1, -0.05) is 23.7 Å². The first kappa shape index (κ1) is 19.2. The number of nitro benzene ring substituents is 1.